The lowest BCUT2D eigenvalue weighted by Crippen LogP contribution is -2.47. The lowest BCUT2D eigenvalue weighted by atomic mass is 10.0. The molecular formula is C19H30Cl2N4O. The predicted octanol–water partition coefficient (Wildman–Crippen LogP) is 2.82. The number of carbonyl (C=O) groups is 1. The third-order valence-corrected chi connectivity index (χ3v) is 5.20. The van der Waals surface area contributed by atoms with Gasteiger partial charge in [0.1, 0.15) is 0 Å². The number of nitrogens with two attached hydrogens (primary N) is 1. The van der Waals surface area contributed by atoms with Gasteiger partial charge in [-0.1, -0.05) is 25.1 Å². The van der Waals surface area contributed by atoms with Crippen LogP contribution in [0, 0.1) is 0 Å². The monoisotopic (exact) mass is 400 g/mol. The van der Waals surface area contributed by atoms with Crippen LogP contribution in [-0.2, 0) is 11.2 Å². The van der Waals surface area contributed by atoms with Gasteiger partial charge in [0.15, 0.2) is 0 Å². The van der Waals surface area contributed by atoms with Crippen molar-refractivity contribution in [3.8, 4) is 0 Å². The molecule has 5 nitrogen and oxygen atoms in total. The Morgan fingerprint density at radius 3 is 2.85 bits per heavy atom. The minimum absolute atomic E-state index is 0. The molecule has 0 saturated carbocycles. The highest BCUT2D eigenvalue weighted by Gasteiger charge is 2.27. The molecule has 1 aromatic carbocycles. The van der Waals surface area contributed by atoms with Crippen LogP contribution in [-0.4, -0.2) is 59.5 Å². The van der Waals surface area contributed by atoms with Gasteiger partial charge in [0.2, 0.25) is 5.91 Å². The van der Waals surface area contributed by atoms with Crippen molar-refractivity contribution in [2.75, 3.05) is 26.7 Å². The molecular weight excluding hydrogens is 371 g/mol. The molecule has 3 rings (SSSR count). The third kappa shape index (κ3) is 4.92. The first-order chi connectivity index (χ1) is 11.6. The fourth-order valence-electron chi connectivity index (χ4n) is 3.83. The van der Waals surface area contributed by atoms with Gasteiger partial charge in [-0.25, -0.2) is 0 Å². The summed E-state index contributed by atoms with van der Waals surface area (Å²) in [6.07, 6.45) is 4.92. The smallest absolute Gasteiger partial charge is 0.239 e. The Kier molecular flexibility index (Phi) is 8.90. The van der Waals surface area contributed by atoms with Crippen molar-refractivity contribution in [3.63, 3.8) is 0 Å². The van der Waals surface area contributed by atoms with Crippen molar-refractivity contribution in [1.29, 1.82) is 0 Å². The van der Waals surface area contributed by atoms with Crippen LogP contribution >= 0.6 is 24.8 Å². The van der Waals surface area contributed by atoms with E-state index >= 15 is 0 Å². The topological polar surface area (TPSA) is 65.4 Å². The number of H-pyrrole nitrogens is 1. The number of rotatable bonds is 6. The van der Waals surface area contributed by atoms with Gasteiger partial charge in [0.05, 0.1) is 6.04 Å². The zero-order valence-electron chi connectivity index (χ0n) is 15.5. The zero-order valence-corrected chi connectivity index (χ0v) is 17.1. The molecule has 0 bridgehead atoms. The van der Waals surface area contributed by atoms with E-state index in [1.54, 1.807) is 0 Å². The van der Waals surface area contributed by atoms with Crippen molar-refractivity contribution in [1.82, 2.24) is 14.8 Å². The van der Waals surface area contributed by atoms with Crippen LogP contribution in [0.25, 0.3) is 10.9 Å². The first-order valence-corrected chi connectivity index (χ1v) is 8.89. The fraction of sp³-hybridized carbons (Fsp3) is 0.526. The summed E-state index contributed by atoms with van der Waals surface area (Å²) in [7, 11) is 1.88. The van der Waals surface area contributed by atoms with Gasteiger partial charge < -0.3 is 15.6 Å². The van der Waals surface area contributed by atoms with Crippen LogP contribution in [0.15, 0.2) is 30.5 Å². The van der Waals surface area contributed by atoms with Gasteiger partial charge in [-0.15, -0.1) is 24.8 Å². The van der Waals surface area contributed by atoms with Crippen LogP contribution in [0.3, 0.4) is 0 Å². The molecule has 1 aromatic heterocycles. The molecule has 26 heavy (non-hydrogen) atoms. The average Bonchev–Trinajstić information content (AvgIpc) is 3.21. The highest BCUT2D eigenvalue weighted by molar-refractivity contribution is 5.86. The molecule has 2 atom stereocenters. The summed E-state index contributed by atoms with van der Waals surface area (Å²) in [6.45, 7) is 5.15. The molecule has 1 unspecified atom stereocenters. The molecule has 0 spiro atoms. The Hall–Kier alpha value is -1.27. The maximum absolute atomic E-state index is 12.7. The SMILES string of the molecule is CCN1CCCC1CN(C)C(=O)[C@@H](N)Cc1c[nH]c2ccccc12.Cl.Cl. The molecule has 2 heterocycles. The van der Waals surface area contributed by atoms with E-state index in [0.717, 1.165) is 36.1 Å². The molecule has 2 aromatic rings. The van der Waals surface area contributed by atoms with Crippen LogP contribution in [0.4, 0.5) is 0 Å². The predicted molar refractivity (Wildman–Crippen MR) is 112 cm³/mol. The van der Waals surface area contributed by atoms with Gasteiger partial charge in [0, 0.05) is 36.7 Å². The summed E-state index contributed by atoms with van der Waals surface area (Å²) in [4.78, 5) is 20.2. The molecule has 0 radical (unpaired) electrons. The van der Waals surface area contributed by atoms with Gasteiger partial charge >= 0.3 is 0 Å². The van der Waals surface area contributed by atoms with Crippen molar-refractivity contribution < 1.29 is 4.79 Å². The number of likely N-dealkylation sites (N-methyl/N-ethyl adjacent to an activating group) is 2. The summed E-state index contributed by atoms with van der Waals surface area (Å²) in [5.74, 6) is 0.0308. The van der Waals surface area contributed by atoms with E-state index in [9.17, 15) is 4.79 Å². The fourth-order valence-corrected chi connectivity index (χ4v) is 3.83. The van der Waals surface area contributed by atoms with Crippen molar-refractivity contribution in [3.05, 3.63) is 36.0 Å². The van der Waals surface area contributed by atoms with Gasteiger partial charge in [-0.05, 0) is 44.0 Å². The number of hydrogen-bond acceptors (Lipinski definition) is 3. The summed E-state index contributed by atoms with van der Waals surface area (Å²) in [5.41, 5.74) is 8.42. The highest BCUT2D eigenvalue weighted by Crippen LogP contribution is 2.20. The number of likely N-dealkylation sites (tertiary alicyclic amines) is 1. The third-order valence-electron chi connectivity index (χ3n) is 5.20. The number of para-hydroxylation sites is 1. The molecule has 1 aliphatic heterocycles. The Labute approximate surface area is 168 Å². The van der Waals surface area contributed by atoms with Gasteiger partial charge in [-0.3, -0.25) is 9.69 Å². The van der Waals surface area contributed by atoms with E-state index in [0.29, 0.717) is 12.5 Å². The van der Waals surface area contributed by atoms with Crippen LogP contribution in [0.1, 0.15) is 25.3 Å². The van der Waals surface area contributed by atoms with Crippen LogP contribution in [0.5, 0.6) is 0 Å². The quantitative estimate of drug-likeness (QED) is 0.783. The van der Waals surface area contributed by atoms with Crippen molar-refractivity contribution in [2.24, 2.45) is 5.73 Å². The van der Waals surface area contributed by atoms with Crippen molar-refractivity contribution >= 4 is 41.6 Å². The van der Waals surface area contributed by atoms with Gasteiger partial charge in [-0.2, -0.15) is 0 Å². The normalized spacial score (nSPS) is 18.2. The Balaban J connectivity index is 0.00000169. The van der Waals surface area contributed by atoms with Crippen LogP contribution in [0.2, 0.25) is 0 Å². The standard InChI is InChI=1S/C19H28N4O.2ClH/c1-3-23-10-6-7-15(23)13-22(2)19(24)17(20)11-14-12-21-18-9-5-4-8-16(14)18;;/h4-5,8-9,12,15,17,21H,3,6-7,10-11,13,20H2,1-2H3;2*1H/t15?,17-;;/m0../s1. The number of nitrogens with one attached hydrogen (secondary N) is 1. The summed E-state index contributed by atoms with van der Waals surface area (Å²) in [6, 6.07) is 8.11. The van der Waals surface area contributed by atoms with E-state index < -0.39 is 6.04 Å². The van der Waals surface area contributed by atoms with Crippen molar-refractivity contribution in [2.45, 2.75) is 38.3 Å². The number of benzene rings is 1. The molecule has 0 aliphatic carbocycles. The summed E-state index contributed by atoms with van der Waals surface area (Å²) < 4.78 is 0. The first kappa shape index (κ1) is 22.8. The summed E-state index contributed by atoms with van der Waals surface area (Å²) in [5, 5.41) is 1.15. The lowest BCUT2D eigenvalue weighted by Gasteiger charge is -2.29. The van der Waals surface area contributed by atoms with Gasteiger partial charge in [0.25, 0.3) is 0 Å². The molecule has 1 aliphatic rings. The van der Waals surface area contributed by atoms with E-state index in [1.807, 2.05) is 36.3 Å². The van der Waals surface area contributed by atoms with E-state index in [4.69, 9.17) is 5.73 Å². The Morgan fingerprint density at radius 1 is 1.38 bits per heavy atom. The highest BCUT2D eigenvalue weighted by atomic mass is 35.5. The molecule has 146 valence electrons. The number of amides is 1. The summed E-state index contributed by atoms with van der Waals surface area (Å²) >= 11 is 0. The molecule has 1 saturated heterocycles. The van der Waals surface area contributed by atoms with E-state index in [-0.39, 0.29) is 30.7 Å². The zero-order chi connectivity index (χ0) is 17.1. The minimum atomic E-state index is -0.495. The minimum Gasteiger partial charge on any atom is -0.361 e. The average molecular weight is 401 g/mol. The number of aromatic nitrogens is 1. The molecule has 1 fully saturated rings. The lowest BCUT2D eigenvalue weighted by molar-refractivity contribution is -0.131. The van der Waals surface area contributed by atoms with E-state index in [1.165, 1.54) is 12.8 Å². The maximum atomic E-state index is 12.7. The van der Waals surface area contributed by atoms with E-state index in [2.05, 4.69) is 22.9 Å². The molecule has 1 amide bonds. The number of nitrogens with zero attached hydrogens (tertiary/aromatic N) is 2. The maximum Gasteiger partial charge on any atom is 0.239 e. The number of fused-ring (bicyclic) bond motifs is 1. The second-order valence-corrected chi connectivity index (χ2v) is 6.81. The second-order valence-electron chi connectivity index (χ2n) is 6.81. The molecule has 3 N–H and O–H groups in total. The second kappa shape index (κ2) is 10.2. The Morgan fingerprint density at radius 2 is 2.12 bits per heavy atom. The first-order valence-electron chi connectivity index (χ1n) is 8.89. The molecule has 7 heteroatoms. The number of hydrogen-bond donors (Lipinski definition) is 2. The Bertz CT molecular complexity index is 706. The number of carbonyl (C=O) groups excluding carboxylic acids is 1. The number of aromatic amines is 1. The van der Waals surface area contributed by atoms with Crippen LogP contribution < -0.4 is 5.73 Å². The number of halogens is 2. The largest absolute Gasteiger partial charge is 0.361 e.